The Labute approximate surface area is 119 Å². The predicted molar refractivity (Wildman–Crippen MR) is 72.5 cm³/mol. The molecule has 8 heteroatoms. The maximum Gasteiger partial charge on any atom is 0.343 e. The summed E-state index contributed by atoms with van der Waals surface area (Å²) in [5, 5.41) is 11.4. The molecule has 8 nitrogen and oxygen atoms in total. The molecule has 2 heterocycles. The first-order chi connectivity index (χ1) is 9.95. The SMILES string of the molecule is CCOC(=O)c1c[nH]n2c(=O)c(CCC(=O)O)c(C)nc12. The molecule has 0 atom stereocenters. The Morgan fingerprint density at radius 2 is 2.19 bits per heavy atom. The molecule has 2 N–H and O–H groups in total. The number of carboxylic acid groups (broad SMARTS) is 1. The first kappa shape index (κ1) is 14.8. The Hall–Kier alpha value is -2.64. The van der Waals surface area contributed by atoms with Crippen LogP contribution >= 0.6 is 0 Å². The number of hydrogen-bond acceptors (Lipinski definition) is 5. The van der Waals surface area contributed by atoms with Crippen LogP contribution in [0.5, 0.6) is 0 Å². The van der Waals surface area contributed by atoms with Crippen LogP contribution in [-0.4, -0.2) is 38.3 Å². The van der Waals surface area contributed by atoms with Crippen molar-refractivity contribution in [3.05, 3.63) is 33.4 Å². The normalized spacial score (nSPS) is 10.8. The zero-order valence-corrected chi connectivity index (χ0v) is 11.7. The Morgan fingerprint density at radius 1 is 1.48 bits per heavy atom. The molecule has 0 aliphatic heterocycles. The first-order valence-corrected chi connectivity index (χ1v) is 6.44. The number of aryl methyl sites for hydroxylation is 1. The highest BCUT2D eigenvalue weighted by atomic mass is 16.5. The van der Waals surface area contributed by atoms with E-state index in [4.69, 9.17) is 9.84 Å². The maximum absolute atomic E-state index is 12.3. The number of carboxylic acids is 1. The molecule has 0 spiro atoms. The lowest BCUT2D eigenvalue weighted by Crippen LogP contribution is -2.23. The number of aromatic amines is 1. The summed E-state index contributed by atoms with van der Waals surface area (Å²) in [7, 11) is 0. The number of esters is 1. The lowest BCUT2D eigenvalue weighted by Gasteiger charge is -2.05. The Bertz CT molecular complexity index is 759. The molecule has 0 unspecified atom stereocenters. The number of aliphatic carboxylic acids is 1. The van der Waals surface area contributed by atoms with Gasteiger partial charge in [-0.3, -0.25) is 14.7 Å². The zero-order valence-electron chi connectivity index (χ0n) is 11.7. The number of ether oxygens (including phenoxy) is 1. The van der Waals surface area contributed by atoms with Gasteiger partial charge in [0.2, 0.25) is 0 Å². The van der Waals surface area contributed by atoms with Gasteiger partial charge in [-0.05, 0) is 20.3 Å². The van der Waals surface area contributed by atoms with Crippen molar-refractivity contribution in [2.24, 2.45) is 0 Å². The predicted octanol–water partition coefficient (Wildman–Crippen LogP) is 0.525. The van der Waals surface area contributed by atoms with Crippen LogP contribution in [0.4, 0.5) is 0 Å². The molecule has 2 aromatic rings. The summed E-state index contributed by atoms with van der Waals surface area (Å²) in [6.45, 7) is 3.51. The van der Waals surface area contributed by atoms with Crippen molar-refractivity contribution in [3.8, 4) is 0 Å². The smallest absolute Gasteiger partial charge is 0.343 e. The molecule has 112 valence electrons. The Morgan fingerprint density at radius 3 is 2.81 bits per heavy atom. The quantitative estimate of drug-likeness (QED) is 0.777. The third kappa shape index (κ3) is 2.78. The van der Waals surface area contributed by atoms with Gasteiger partial charge in [-0.1, -0.05) is 0 Å². The molecule has 2 aromatic heterocycles. The van der Waals surface area contributed by atoms with Gasteiger partial charge in [-0.2, -0.15) is 0 Å². The molecule has 2 rings (SSSR count). The third-order valence-electron chi connectivity index (χ3n) is 3.05. The number of rotatable bonds is 5. The van der Waals surface area contributed by atoms with Gasteiger partial charge in [-0.25, -0.2) is 14.3 Å². The summed E-state index contributed by atoms with van der Waals surface area (Å²) in [5.41, 5.74) is 0.657. The highest BCUT2D eigenvalue weighted by molar-refractivity contribution is 5.95. The third-order valence-corrected chi connectivity index (χ3v) is 3.05. The van der Waals surface area contributed by atoms with E-state index >= 15 is 0 Å². The van der Waals surface area contributed by atoms with Crippen LogP contribution in [0.25, 0.3) is 5.65 Å². The van der Waals surface area contributed by atoms with Crippen LogP contribution in [0.1, 0.15) is 35.0 Å². The molecule has 0 aliphatic rings. The van der Waals surface area contributed by atoms with Crippen LogP contribution in [0, 0.1) is 6.92 Å². The van der Waals surface area contributed by atoms with Gasteiger partial charge in [-0.15, -0.1) is 0 Å². The summed E-state index contributed by atoms with van der Waals surface area (Å²) in [6, 6.07) is 0. The maximum atomic E-state index is 12.3. The number of carbonyl (C=O) groups excluding carboxylic acids is 1. The standard InChI is InChI=1S/C13H15N3O5/c1-3-21-13(20)9-6-14-16-11(9)15-7(2)8(12(16)19)4-5-10(17)18/h6,14H,3-5H2,1-2H3,(H,17,18). The second-order valence-electron chi connectivity index (χ2n) is 4.44. The van der Waals surface area contributed by atoms with E-state index in [0.717, 1.165) is 4.52 Å². The van der Waals surface area contributed by atoms with E-state index in [2.05, 4.69) is 10.1 Å². The molecule has 0 amide bonds. The number of carbonyl (C=O) groups is 2. The van der Waals surface area contributed by atoms with E-state index in [-0.39, 0.29) is 30.7 Å². The average Bonchev–Trinajstić information content (AvgIpc) is 2.82. The van der Waals surface area contributed by atoms with Crippen LogP contribution in [0.2, 0.25) is 0 Å². The lowest BCUT2D eigenvalue weighted by molar-refractivity contribution is -0.136. The van der Waals surface area contributed by atoms with E-state index in [0.29, 0.717) is 11.3 Å². The number of aromatic nitrogens is 3. The number of hydrogen-bond donors (Lipinski definition) is 2. The summed E-state index contributed by atoms with van der Waals surface area (Å²) in [4.78, 5) is 38.9. The van der Waals surface area contributed by atoms with E-state index in [9.17, 15) is 14.4 Å². The van der Waals surface area contributed by atoms with E-state index in [1.807, 2.05) is 0 Å². The summed E-state index contributed by atoms with van der Waals surface area (Å²) in [6.07, 6.45) is 1.28. The van der Waals surface area contributed by atoms with Gasteiger partial charge in [0, 0.05) is 23.9 Å². The van der Waals surface area contributed by atoms with Crippen molar-refractivity contribution < 1.29 is 19.4 Å². The summed E-state index contributed by atoms with van der Waals surface area (Å²) >= 11 is 0. The molecular formula is C13H15N3O5. The minimum atomic E-state index is -0.988. The van der Waals surface area contributed by atoms with E-state index in [1.54, 1.807) is 13.8 Å². The minimum Gasteiger partial charge on any atom is -0.481 e. The Balaban J connectivity index is 2.52. The van der Waals surface area contributed by atoms with Gasteiger partial charge in [0.25, 0.3) is 5.56 Å². The van der Waals surface area contributed by atoms with E-state index in [1.165, 1.54) is 6.20 Å². The summed E-state index contributed by atoms with van der Waals surface area (Å²) in [5.74, 6) is -1.56. The lowest BCUT2D eigenvalue weighted by atomic mass is 10.1. The highest BCUT2D eigenvalue weighted by Crippen LogP contribution is 2.11. The molecule has 21 heavy (non-hydrogen) atoms. The van der Waals surface area contributed by atoms with Gasteiger partial charge < -0.3 is 9.84 Å². The monoisotopic (exact) mass is 293 g/mol. The van der Waals surface area contributed by atoms with Crippen molar-refractivity contribution in [2.75, 3.05) is 6.61 Å². The van der Waals surface area contributed by atoms with Crippen LogP contribution in [-0.2, 0) is 16.0 Å². The number of nitrogens with one attached hydrogen (secondary N) is 1. The van der Waals surface area contributed by atoms with E-state index < -0.39 is 17.5 Å². The minimum absolute atomic E-state index is 0.0870. The van der Waals surface area contributed by atoms with Gasteiger partial charge in [0.15, 0.2) is 5.65 Å². The van der Waals surface area contributed by atoms with Gasteiger partial charge in [0.05, 0.1) is 6.61 Å². The fraction of sp³-hybridized carbons (Fsp3) is 0.385. The number of fused-ring (bicyclic) bond motifs is 1. The second-order valence-corrected chi connectivity index (χ2v) is 4.44. The van der Waals surface area contributed by atoms with Gasteiger partial charge in [0.1, 0.15) is 5.56 Å². The number of nitrogens with zero attached hydrogens (tertiary/aromatic N) is 2. The topological polar surface area (TPSA) is 114 Å². The van der Waals surface area contributed by atoms with Gasteiger partial charge >= 0.3 is 11.9 Å². The van der Waals surface area contributed by atoms with Crippen molar-refractivity contribution in [2.45, 2.75) is 26.7 Å². The molecule has 0 aliphatic carbocycles. The van der Waals surface area contributed by atoms with Crippen LogP contribution in [0.3, 0.4) is 0 Å². The Kier molecular flexibility index (Phi) is 4.06. The molecule has 0 saturated carbocycles. The molecule has 0 aromatic carbocycles. The van der Waals surface area contributed by atoms with Crippen molar-refractivity contribution >= 4 is 17.6 Å². The van der Waals surface area contributed by atoms with Crippen LogP contribution < -0.4 is 5.56 Å². The van der Waals surface area contributed by atoms with Crippen molar-refractivity contribution in [1.29, 1.82) is 0 Å². The van der Waals surface area contributed by atoms with Crippen molar-refractivity contribution in [1.82, 2.24) is 14.6 Å². The largest absolute Gasteiger partial charge is 0.481 e. The molecule has 0 bridgehead atoms. The fourth-order valence-corrected chi connectivity index (χ4v) is 2.04. The highest BCUT2D eigenvalue weighted by Gasteiger charge is 2.19. The average molecular weight is 293 g/mol. The first-order valence-electron chi connectivity index (χ1n) is 6.44. The van der Waals surface area contributed by atoms with Crippen LogP contribution in [0.15, 0.2) is 11.0 Å². The summed E-state index contributed by atoms with van der Waals surface area (Å²) < 4.78 is 6.01. The number of H-pyrrole nitrogens is 1. The molecule has 0 fully saturated rings. The molecule has 0 saturated heterocycles. The zero-order chi connectivity index (χ0) is 15.6. The fourth-order valence-electron chi connectivity index (χ4n) is 2.04. The molecular weight excluding hydrogens is 278 g/mol. The second kappa shape index (κ2) is 5.78. The molecule has 0 radical (unpaired) electrons. The van der Waals surface area contributed by atoms with Crippen molar-refractivity contribution in [3.63, 3.8) is 0 Å².